The molecule has 0 heterocycles. The van der Waals surface area contributed by atoms with E-state index in [-0.39, 0.29) is 5.82 Å². The predicted octanol–water partition coefficient (Wildman–Crippen LogP) is 5.38. The van der Waals surface area contributed by atoms with Crippen LogP contribution in [0, 0.1) is 5.82 Å². The Labute approximate surface area is 131 Å². The number of halogens is 2. The highest BCUT2D eigenvalue weighted by molar-refractivity contribution is 9.09. The second-order valence-corrected chi connectivity index (χ2v) is 6.32. The Morgan fingerprint density at radius 1 is 0.900 bits per heavy atom. The van der Waals surface area contributed by atoms with E-state index in [2.05, 4.69) is 27.9 Å². The molecule has 1 nitrogen and oxygen atoms in total. The van der Waals surface area contributed by atoms with Crippen LogP contribution in [0.1, 0.15) is 50.5 Å². The largest absolute Gasteiger partial charge is 0.302 e. The number of rotatable bonds is 11. The van der Waals surface area contributed by atoms with Crippen LogP contribution in [0.25, 0.3) is 0 Å². The van der Waals surface area contributed by atoms with Gasteiger partial charge in [0.2, 0.25) is 0 Å². The molecule has 0 N–H and O–H groups in total. The molecule has 0 aliphatic heterocycles. The van der Waals surface area contributed by atoms with Crippen LogP contribution in [0.5, 0.6) is 0 Å². The third kappa shape index (κ3) is 8.70. The minimum Gasteiger partial charge on any atom is -0.302 e. The molecule has 0 bridgehead atoms. The fraction of sp³-hybridized carbons (Fsp3) is 0.647. The maximum absolute atomic E-state index is 12.8. The van der Waals surface area contributed by atoms with Gasteiger partial charge in [-0.15, -0.1) is 0 Å². The topological polar surface area (TPSA) is 3.24 Å². The van der Waals surface area contributed by atoms with E-state index in [1.165, 1.54) is 62.6 Å². The van der Waals surface area contributed by atoms with Crippen LogP contribution in [0.2, 0.25) is 0 Å². The molecule has 1 aromatic rings. The molecule has 1 aromatic carbocycles. The van der Waals surface area contributed by atoms with Crippen molar-refractivity contribution in [2.75, 3.05) is 18.9 Å². The van der Waals surface area contributed by atoms with E-state index in [9.17, 15) is 4.39 Å². The minimum atomic E-state index is -0.156. The lowest BCUT2D eigenvalue weighted by atomic mass is 10.1. The van der Waals surface area contributed by atoms with Gasteiger partial charge in [-0.05, 0) is 44.1 Å². The van der Waals surface area contributed by atoms with E-state index in [0.29, 0.717) is 0 Å². The van der Waals surface area contributed by atoms with Crippen molar-refractivity contribution in [2.24, 2.45) is 0 Å². The molecule has 0 saturated carbocycles. The third-order valence-electron chi connectivity index (χ3n) is 3.54. The molecular formula is C17H27BrFN. The van der Waals surface area contributed by atoms with Gasteiger partial charge >= 0.3 is 0 Å². The van der Waals surface area contributed by atoms with E-state index in [0.717, 1.165) is 18.4 Å². The summed E-state index contributed by atoms with van der Waals surface area (Å²) < 4.78 is 12.8. The first kappa shape index (κ1) is 17.6. The summed E-state index contributed by atoms with van der Waals surface area (Å²) in [6.07, 6.45) is 9.34. The van der Waals surface area contributed by atoms with E-state index in [1.54, 1.807) is 0 Å². The van der Waals surface area contributed by atoms with Crippen molar-refractivity contribution in [2.45, 2.75) is 51.5 Å². The Bertz CT molecular complexity index is 339. The lowest BCUT2D eigenvalue weighted by molar-refractivity contribution is 0.316. The zero-order chi connectivity index (χ0) is 14.6. The van der Waals surface area contributed by atoms with Gasteiger partial charge in [-0.3, -0.25) is 0 Å². The minimum absolute atomic E-state index is 0.156. The number of hydrogen-bond acceptors (Lipinski definition) is 1. The van der Waals surface area contributed by atoms with Gasteiger partial charge in [0.1, 0.15) is 5.82 Å². The number of nitrogens with zero attached hydrogens (tertiary/aromatic N) is 1. The lowest BCUT2D eigenvalue weighted by Gasteiger charge is -2.16. The molecule has 0 fully saturated rings. The summed E-state index contributed by atoms with van der Waals surface area (Å²) >= 11 is 3.46. The van der Waals surface area contributed by atoms with E-state index < -0.39 is 0 Å². The first-order valence-electron chi connectivity index (χ1n) is 7.71. The summed E-state index contributed by atoms with van der Waals surface area (Å²) in [7, 11) is 2.14. The van der Waals surface area contributed by atoms with Gasteiger partial charge in [0.25, 0.3) is 0 Å². The Kier molecular flexibility index (Phi) is 9.94. The first-order chi connectivity index (χ1) is 9.72. The zero-order valence-corrected chi connectivity index (χ0v) is 14.2. The molecule has 0 amide bonds. The quantitative estimate of drug-likeness (QED) is 0.385. The van der Waals surface area contributed by atoms with Gasteiger partial charge in [0.05, 0.1) is 0 Å². The monoisotopic (exact) mass is 343 g/mol. The normalized spacial score (nSPS) is 11.2. The summed E-state index contributed by atoms with van der Waals surface area (Å²) in [5, 5.41) is 1.14. The van der Waals surface area contributed by atoms with Crippen molar-refractivity contribution in [1.82, 2.24) is 4.90 Å². The summed E-state index contributed by atoms with van der Waals surface area (Å²) in [6.45, 7) is 2.03. The average molecular weight is 344 g/mol. The van der Waals surface area contributed by atoms with E-state index >= 15 is 0 Å². The van der Waals surface area contributed by atoms with E-state index in [1.807, 2.05) is 12.1 Å². The number of benzene rings is 1. The van der Waals surface area contributed by atoms with Crippen LogP contribution in [0.3, 0.4) is 0 Å². The molecule has 0 aliphatic carbocycles. The van der Waals surface area contributed by atoms with Gasteiger partial charge in [0, 0.05) is 11.9 Å². The summed E-state index contributed by atoms with van der Waals surface area (Å²) in [5.41, 5.74) is 1.18. The third-order valence-corrected chi connectivity index (χ3v) is 4.10. The molecule has 0 unspecified atom stereocenters. The number of alkyl halides is 1. The molecule has 0 aromatic heterocycles. The highest BCUT2D eigenvalue weighted by Crippen LogP contribution is 2.10. The lowest BCUT2D eigenvalue weighted by Crippen LogP contribution is -2.19. The molecular weight excluding hydrogens is 317 g/mol. The SMILES string of the molecule is CN(CCCCCCCCCBr)Cc1ccc(F)cc1. The Balaban J connectivity index is 2.00. The standard InChI is InChI=1S/C17H27BrFN/c1-20(15-16-9-11-17(19)12-10-16)14-8-6-4-2-3-5-7-13-18/h9-12H,2-8,13-15H2,1H3. The molecule has 3 heteroatoms. The van der Waals surface area contributed by atoms with Crippen molar-refractivity contribution in [3.05, 3.63) is 35.6 Å². The van der Waals surface area contributed by atoms with Crippen LogP contribution >= 0.6 is 15.9 Å². The Morgan fingerprint density at radius 3 is 2.05 bits per heavy atom. The summed E-state index contributed by atoms with van der Waals surface area (Å²) in [5.74, 6) is -0.156. The molecule has 1 rings (SSSR count). The maximum Gasteiger partial charge on any atom is 0.123 e. The van der Waals surface area contributed by atoms with Crippen molar-refractivity contribution < 1.29 is 4.39 Å². The summed E-state index contributed by atoms with van der Waals surface area (Å²) in [6, 6.07) is 6.82. The van der Waals surface area contributed by atoms with Crippen LogP contribution < -0.4 is 0 Å². The van der Waals surface area contributed by atoms with Crippen molar-refractivity contribution >= 4 is 15.9 Å². The molecule has 114 valence electrons. The van der Waals surface area contributed by atoms with Crippen LogP contribution in [-0.2, 0) is 6.54 Å². The second kappa shape index (κ2) is 11.3. The molecule has 0 saturated heterocycles. The van der Waals surface area contributed by atoms with Gasteiger partial charge in [-0.25, -0.2) is 4.39 Å². The number of unbranched alkanes of at least 4 members (excludes halogenated alkanes) is 6. The van der Waals surface area contributed by atoms with Gasteiger partial charge in [-0.1, -0.05) is 60.2 Å². The predicted molar refractivity (Wildman–Crippen MR) is 88.8 cm³/mol. The highest BCUT2D eigenvalue weighted by atomic mass is 79.9. The fourth-order valence-electron chi connectivity index (χ4n) is 2.34. The van der Waals surface area contributed by atoms with Crippen molar-refractivity contribution in [3.8, 4) is 0 Å². The van der Waals surface area contributed by atoms with Crippen molar-refractivity contribution in [3.63, 3.8) is 0 Å². The second-order valence-electron chi connectivity index (χ2n) is 5.53. The van der Waals surface area contributed by atoms with Gasteiger partial charge in [0.15, 0.2) is 0 Å². The summed E-state index contributed by atoms with van der Waals surface area (Å²) in [4.78, 5) is 2.32. The molecule has 0 spiro atoms. The van der Waals surface area contributed by atoms with E-state index in [4.69, 9.17) is 0 Å². The molecule has 0 radical (unpaired) electrons. The maximum atomic E-state index is 12.8. The molecule has 0 aliphatic rings. The van der Waals surface area contributed by atoms with Crippen LogP contribution in [0.4, 0.5) is 4.39 Å². The van der Waals surface area contributed by atoms with Gasteiger partial charge in [-0.2, -0.15) is 0 Å². The Morgan fingerprint density at radius 2 is 1.45 bits per heavy atom. The molecule has 20 heavy (non-hydrogen) atoms. The first-order valence-corrected chi connectivity index (χ1v) is 8.83. The molecule has 0 atom stereocenters. The number of hydrogen-bond donors (Lipinski definition) is 0. The van der Waals surface area contributed by atoms with Crippen molar-refractivity contribution in [1.29, 1.82) is 0 Å². The van der Waals surface area contributed by atoms with Crippen LogP contribution in [-0.4, -0.2) is 23.8 Å². The smallest absolute Gasteiger partial charge is 0.123 e. The average Bonchev–Trinajstić information content (AvgIpc) is 2.44. The Hall–Kier alpha value is -0.410. The fourth-order valence-corrected chi connectivity index (χ4v) is 2.74. The zero-order valence-electron chi connectivity index (χ0n) is 12.6. The van der Waals surface area contributed by atoms with Gasteiger partial charge < -0.3 is 4.90 Å². The highest BCUT2D eigenvalue weighted by Gasteiger charge is 2.00. The van der Waals surface area contributed by atoms with Crippen LogP contribution in [0.15, 0.2) is 24.3 Å².